The molecule has 0 spiro atoms. The Morgan fingerprint density at radius 2 is 0.578 bits per heavy atom. The highest BCUT2D eigenvalue weighted by atomic mass is 16.5. The Morgan fingerprint density at radius 1 is 0.306 bits per heavy atom. The number of ether oxygens (including phenoxy) is 1. The van der Waals surface area contributed by atoms with Crippen molar-refractivity contribution in [1.82, 2.24) is 69.2 Å². The summed E-state index contributed by atoms with van der Waals surface area (Å²) < 4.78 is 5.45. The van der Waals surface area contributed by atoms with Gasteiger partial charge in [-0.05, 0) is 294 Å². The van der Waals surface area contributed by atoms with E-state index in [9.17, 15) is 29.7 Å². The van der Waals surface area contributed by atoms with E-state index in [-0.39, 0.29) is 17.7 Å². The fourth-order valence-corrected chi connectivity index (χ4v) is 23.9. The first kappa shape index (κ1) is 112. The van der Waals surface area contributed by atoms with Crippen molar-refractivity contribution >= 4 is 57.9 Å². The lowest BCUT2D eigenvalue weighted by molar-refractivity contribution is -0.128. The van der Waals surface area contributed by atoms with E-state index < -0.39 is 16.8 Å². The zero-order chi connectivity index (χ0) is 104. The maximum atomic E-state index is 12.3. The summed E-state index contributed by atoms with van der Waals surface area (Å²) in [7, 11) is 6.22. The molecule has 7 aromatic rings. The lowest BCUT2D eigenvalue weighted by atomic mass is 9.76. The van der Waals surface area contributed by atoms with Gasteiger partial charge in [-0.1, -0.05) is 115 Å². The lowest BCUT2D eigenvalue weighted by Gasteiger charge is -2.52. The molecule has 14 fully saturated rings. The number of morpholine rings is 1. The molecular formula is C119H183N21O7. The van der Waals surface area contributed by atoms with Crippen LogP contribution in [-0.4, -0.2) is 343 Å². The molecule has 3 amide bonds. The van der Waals surface area contributed by atoms with Crippen LogP contribution in [0.2, 0.25) is 0 Å². The molecule has 2 unspecified atom stereocenters. The van der Waals surface area contributed by atoms with Gasteiger partial charge in [0.2, 0.25) is 17.7 Å². The summed E-state index contributed by atoms with van der Waals surface area (Å²) in [6.07, 6.45) is 26.4. The van der Waals surface area contributed by atoms with Crippen LogP contribution < -0.4 is 34.3 Å². The highest BCUT2D eigenvalue weighted by Crippen LogP contribution is 2.41. The fourth-order valence-electron chi connectivity index (χ4n) is 23.9. The number of aromatic nitrogens is 7. The van der Waals surface area contributed by atoms with E-state index in [2.05, 4.69) is 255 Å². The highest BCUT2D eigenvalue weighted by Gasteiger charge is 2.50. The van der Waals surface area contributed by atoms with Crippen LogP contribution in [0.3, 0.4) is 0 Å². The summed E-state index contributed by atoms with van der Waals surface area (Å²) in [6.45, 7) is 60.7. The number of likely N-dealkylation sites (N-methyl/N-ethyl adjacent to an activating group) is 3. The number of hydrogen-bond donors (Lipinski definition) is 3. The summed E-state index contributed by atoms with van der Waals surface area (Å²) in [6, 6.07) is 36.2. The van der Waals surface area contributed by atoms with E-state index in [1.165, 1.54) is 99.8 Å². The average Bonchev–Trinajstić information content (AvgIpc) is 0.772. The Kier molecular flexibility index (Phi) is 40.1. The highest BCUT2D eigenvalue weighted by molar-refractivity contribution is 5.94. The normalized spacial score (nSPS) is 24.3. The summed E-state index contributed by atoms with van der Waals surface area (Å²) in [5.74, 6) is 9.18. The van der Waals surface area contributed by atoms with E-state index in [0.717, 1.165) is 273 Å². The zero-order valence-corrected chi connectivity index (χ0v) is 92.8. The fraction of sp³-hybridized carbons (Fsp3) is 0.681. The third-order valence-electron chi connectivity index (χ3n) is 33.5. The van der Waals surface area contributed by atoms with Crippen molar-refractivity contribution in [1.29, 1.82) is 0 Å². The van der Waals surface area contributed by atoms with Gasteiger partial charge in [0.05, 0.1) is 77.6 Å². The molecule has 21 heterocycles. The summed E-state index contributed by atoms with van der Waals surface area (Å²) in [4.78, 5) is 101. The van der Waals surface area contributed by atoms with Gasteiger partial charge < -0.3 is 69.1 Å². The minimum Gasteiger partial charge on any atom is -0.387 e. The third-order valence-corrected chi connectivity index (χ3v) is 33.5. The topological polar surface area (TPSA) is 257 Å². The van der Waals surface area contributed by atoms with Gasteiger partial charge in [-0.15, -0.1) is 0 Å². The molecule has 14 saturated heterocycles. The summed E-state index contributed by atoms with van der Waals surface area (Å²) >= 11 is 0. The number of pyridine rings is 7. The van der Waals surface area contributed by atoms with Crippen LogP contribution in [0.15, 0.2) is 128 Å². The minimum atomic E-state index is -0.473. The zero-order valence-electron chi connectivity index (χ0n) is 92.8. The first-order valence-corrected chi connectivity index (χ1v) is 56.9. The molecule has 0 aromatic carbocycles. The predicted octanol–water partition coefficient (Wildman–Crippen LogP) is 16.8. The third kappa shape index (κ3) is 30.6. The molecule has 14 aliphatic rings. The van der Waals surface area contributed by atoms with Crippen molar-refractivity contribution in [3.63, 3.8) is 0 Å². The monoisotopic (exact) mass is 2020 g/mol. The van der Waals surface area contributed by atoms with Gasteiger partial charge in [0.25, 0.3) is 0 Å². The number of amides is 3. The van der Waals surface area contributed by atoms with Crippen LogP contribution in [0.25, 0.3) is 0 Å². The molecule has 3 N–H and O–H groups in total. The number of likely N-dealkylation sites (tertiary alicyclic amines) is 6. The summed E-state index contributed by atoms with van der Waals surface area (Å²) in [5.41, 5.74) is 11.2. The quantitative estimate of drug-likeness (QED) is 0.0508. The molecule has 7 aromatic heterocycles. The molecule has 21 rings (SSSR count). The number of β-amino-alcohol motifs (C(OH)–C–C–N with tert-alkyl or cyclic N) is 3. The molecule has 28 nitrogen and oxygen atoms in total. The molecule has 14 aliphatic heterocycles. The Labute approximate surface area is 882 Å². The number of rotatable bonds is 24. The molecule has 147 heavy (non-hydrogen) atoms. The number of carbonyl (C=O) groups is 3. The average molecular weight is 2020 g/mol. The standard InChI is InChI=1S/3C17H27N3O.3C17H25N3O.C17H27N3O/c3*1-13(2)16-7-6-15(9-18-16)20-8-4-5-14(10-20)17(21)11-19(3)12-17;3*1-13(2)15-5-3-6-16(18-15)20-12-14(7-8-17(20)21)11-19-9-4-10-19;1-14(2)17-4-3-16(13-18-17)19-7-5-15(6-8-19)20-9-11-21-12-10-20/h3*6-7,9,13-14,21H,4-5,8,10-12H2,1-3H3;3*3,5-6,13-14H,4,7-12H2,1-2H3;3-4,13-15H,5-12H2,1-2H3/t2*14-;;2*14-;;/m10.10../s1. The van der Waals surface area contributed by atoms with Gasteiger partial charge in [-0.2, -0.15) is 0 Å². The van der Waals surface area contributed by atoms with Crippen molar-refractivity contribution in [2.24, 2.45) is 35.5 Å². The second-order valence-corrected chi connectivity index (χ2v) is 47.8. The number of aliphatic hydroxyl groups is 3. The Balaban J connectivity index is 0.000000129. The molecule has 0 aliphatic carbocycles. The van der Waals surface area contributed by atoms with E-state index in [0.29, 0.717) is 96.2 Å². The van der Waals surface area contributed by atoms with Gasteiger partial charge >= 0.3 is 0 Å². The molecule has 6 atom stereocenters. The number of anilines is 7. The molecular weight excluding hydrogens is 1840 g/mol. The second kappa shape index (κ2) is 52.5. The molecule has 806 valence electrons. The summed E-state index contributed by atoms with van der Waals surface area (Å²) in [5, 5.41) is 32.1. The molecule has 0 saturated carbocycles. The number of hydrogen-bond acceptors (Lipinski definition) is 25. The molecule has 28 heteroatoms. The predicted molar refractivity (Wildman–Crippen MR) is 596 cm³/mol. The van der Waals surface area contributed by atoms with Crippen LogP contribution in [-0.2, 0) is 19.1 Å². The van der Waals surface area contributed by atoms with E-state index in [4.69, 9.17) is 4.74 Å². The Morgan fingerprint density at radius 3 is 0.816 bits per heavy atom. The van der Waals surface area contributed by atoms with Gasteiger partial charge in [0.15, 0.2) is 0 Å². The van der Waals surface area contributed by atoms with Gasteiger partial charge in [-0.3, -0.25) is 53.9 Å². The van der Waals surface area contributed by atoms with E-state index >= 15 is 0 Å². The second-order valence-electron chi connectivity index (χ2n) is 47.8. The number of nitrogens with zero attached hydrogens (tertiary/aromatic N) is 21. The van der Waals surface area contributed by atoms with E-state index in [1.807, 2.05) is 94.1 Å². The van der Waals surface area contributed by atoms with Gasteiger partial charge in [0.1, 0.15) is 17.5 Å². The first-order valence-electron chi connectivity index (χ1n) is 56.9. The molecule has 0 radical (unpaired) electrons. The van der Waals surface area contributed by atoms with Crippen molar-refractivity contribution in [2.75, 3.05) is 252 Å². The SMILES string of the molecule is CC(C)c1ccc(N2CCC(N3CCOCC3)CC2)cn1.CC(C)c1ccc(N2CCCC(C3(O)CN(C)C3)C2)cn1.CC(C)c1ccc(N2CCC[C@@H](C3(O)CN(C)C3)C2)cn1.CC(C)c1ccc(N2CCC[C@H](C3(O)CN(C)C3)C2)cn1.CC(C)c1cccc(N2CC(CN3CCC3)CCC2=O)n1.CC(C)c1cccc(N2C[C@@H](CN3CCC3)CCC2=O)n1.CC(C)c1cccc(N2C[C@H](CN3CCC3)CCC2=O)n1. The van der Waals surface area contributed by atoms with E-state index in [1.54, 1.807) is 0 Å². The number of carbonyl (C=O) groups excluding carboxylic acids is 3. The van der Waals surface area contributed by atoms with Crippen LogP contribution >= 0.6 is 0 Å². The van der Waals surface area contributed by atoms with Crippen LogP contribution in [0.4, 0.5) is 40.2 Å². The maximum Gasteiger partial charge on any atom is 0.228 e. The van der Waals surface area contributed by atoms with Crippen molar-refractivity contribution in [3.05, 3.63) is 168 Å². The number of piperidine rings is 7. The van der Waals surface area contributed by atoms with Crippen LogP contribution in [0.1, 0.15) is 287 Å². The smallest absolute Gasteiger partial charge is 0.228 e. The van der Waals surface area contributed by atoms with Crippen LogP contribution in [0, 0.1) is 35.5 Å². The van der Waals surface area contributed by atoms with Crippen molar-refractivity contribution in [3.8, 4) is 0 Å². The Bertz CT molecular complexity index is 4760. The van der Waals surface area contributed by atoms with Crippen molar-refractivity contribution in [2.45, 2.75) is 270 Å². The van der Waals surface area contributed by atoms with Crippen LogP contribution in [0.5, 0.6) is 0 Å². The Hall–Kier alpha value is -8.78. The lowest BCUT2D eigenvalue weighted by Crippen LogP contribution is -2.66. The minimum absolute atomic E-state index is 0.225. The largest absolute Gasteiger partial charge is 0.387 e. The van der Waals surface area contributed by atoms with Gasteiger partial charge in [0, 0.05) is 227 Å². The molecule has 0 bridgehead atoms. The first-order chi connectivity index (χ1) is 70.6. The maximum absolute atomic E-state index is 12.3. The van der Waals surface area contributed by atoms with Gasteiger partial charge in [-0.25, -0.2) is 15.0 Å². The van der Waals surface area contributed by atoms with Crippen molar-refractivity contribution < 1.29 is 34.4 Å².